The van der Waals surface area contributed by atoms with Gasteiger partial charge in [0, 0.05) is 7.11 Å². The molecule has 19 heavy (non-hydrogen) atoms. The van der Waals surface area contributed by atoms with E-state index in [2.05, 4.69) is 0 Å². The summed E-state index contributed by atoms with van der Waals surface area (Å²) in [5.41, 5.74) is 0. The van der Waals surface area contributed by atoms with Crippen LogP contribution in [0, 0.1) is 11.8 Å². The predicted octanol–water partition coefficient (Wildman–Crippen LogP) is 2.53. The Morgan fingerprint density at radius 3 is 1.89 bits per heavy atom. The smallest absolute Gasteiger partial charge is 0.157 e. The number of methoxy groups -OCH3 is 1. The fourth-order valence-electron chi connectivity index (χ4n) is 3.39. The topological polar surface area (TPSA) is 29.5 Å². The van der Waals surface area contributed by atoms with Gasteiger partial charge in [-0.05, 0) is 37.5 Å². The standard InChI is InChI=1S/C13H20F4O2/c1-19-9-5-3-7(11(15)13(9)17)6-2-4-8(18)12(16)10(6)14/h6-13,18H,2-5H2,1H3. The number of alkyl halides is 4. The largest absolute Gasteiger partial charge is 0.390 e. The van der Waals surface area contributed by atoms with Gasteiger partial charge in [-0.1, -0.05) is 0 Å². The van der Waals surface area contributed by atoms with Crippen LogP contribution >= 0.6 is 0 Å². The molecule has 2 rings (SSSR count). The zero-order valence-corrected chi connectivity index (χ0v) is 10.8. The molecule has 0 aromatic rings. The van der Waals surface area contributed by atoms with Crippen LogP contribution in [-0.2, 0) is 4.74 Å². The summed E-state index contributed by atoms with van der Waals surface area (Å²) in [6.07, 6.45) is -8.79. The first kappa shape index (κ1) is 15.0. The molecule has 0 spiro atoms. The monoisotopic (exact) mass is 284 g/mol. The second-order valence-corrected chi connectivity index (χ2v) is 5.60. The van der Waals surface area contributed by atoms with Crippen molar-refractivity contribution in [2.75, 3.05) is 7.11 Å². The molecule has 2 aliphatic carbocycles. The van der Waals surface area contributed by atoms with E-state index in [-0.39, 0.29) is 19.3 Å². The van der Waals surface area contributed by atoms with Gasteiger partial charge in [0.1, 0.15) is 12.3 Å². The highest BCUT2D eigenvalue weighted by molar-refractivity contribution is 4.98. The normalized spacial score (nSPS) is 52.1. The molecule has 1 N–H and O–H groups in total. The number of hydrogen-bond acceptors (Lipinski definition) is 2. The Morgan fingerprint density at radius 1 is 0.789 bits per heavy atom. The third-order valence-electron chi connectivity index (χ3n) is 4.58. The molecule has 2 nitrogen and oxygen atoms in total. The molecule has 0 heterocycles. The molecule has 8 unspecified atom stereocenters. The van der Waals surface area contributed by atoms with E-state index in [0.717, 1.165) is 0 Å². The highest BCUT2D eigenvalue weighted by atomic mass is 19.2. The lowest BCUT2D eigenvalue weighted by molar-refractivity contribution is -0.104. The first-order valence-electron chi connectivity index (χ1n) is 6.74. The van der Waals surface area contributed by atoms with Gasteiger partial charge in [-0.15, -0.1) is 0 Å². The van der Waals surface area contributed by atoms with Gasteiger partial charge in [-0.25, -0.2) is 17.6 Å². The molecule has 0 saturated heterocycles. The molecule has 0 aliphatic heterocycles. The van der Waals surface area contributed by atoms with E-state index in [1.165, 1.54) is 7.11 Å². The molecule has 6 heteroatoms. The molecule has 2 saturated carbocycles. The molecule has 8 atom stereocenters. The molecule has 0 bridgehead atoms. The average molecular weight is 284 g/mol. The van der Waals surface area contributed by atoms with Gasteiger partial charge in [0.2, 0.25) is 0 Å². The van der Waals surface area contributed by atoms with E-state index in [0.29, 0.717) is 6.42 Å². The molecule has 2 fully saturated rings. The van der Waals surface area contributed by atoms with Crippen LogP contribution in [-0.4, -0.2) is 49.1 Å². The lowest BCUT2D eigenvalue weighted by Gasteiger charge is -2.42. The van der Waals surface area contributed by atoms with Crippen LogP contribution in [0.25, 0.3) is 0 Å². The maximum Gasteiger partial charge on any atom is 0.157 e. The minimum atomic E-state index is -2.00. The van der Waals surface area contributed by atoms with Crippen LogP contribution < -0.4 is 0 Å². The van der Waals surface area contributed by atoms with Crippen molar-refractivity contribution in [3.8, 4) is 0 Å². The SMILES string of the molecule is COC1CCC(C2CCC(O)C(F)C2F)C(F)C1F. The molecule has 2 aliphatic rings. The van der Waals surface area contributed by atoms with Gasteiger partial charge in [-0.3, -0.25) is 0 Å². The minimum Gasteiger partial charge on any atom is -0.390 e. The zero-order valence-electron chi connectivity index (χ0n) is 10.8. The highest BCUT2D eigenvalue weighted by Gasteiger charge is 2.50. The summed E-state index contributed by atoms with van der Waals surface area (Å²) in [5.74, 6) is -1.69. The minimum absolute atomic E-state index is 0.0974. The summed E-state index contributed by atoms with van der Waals surface area (Å²) in [6.45, 7) is 0. The second kappa shape index (κ2) is 5.95. The van der Waals surface area contributed by atoms with Crippen molar-refractivity contribution >= 4 is 0 Å². The van der Waals surface area contributed by atoms with Gasteiger partial charge in [-0.2, -0.15) is 0 Å². The van der Waals surface area contributed by atoms with Crippen LogP contribution in [0.4, 0.5) is 17.6 Å². The van der Waals surface area contributed by atoms with E-state index >= 15 is 0 Å². The van der Waals surface area contributed by atoms with Crippen molar-refractivity contribution in [1.82, 2.24) is 0 Å². The van der Waals surface area contributed by atoms with Crippen LogP contribution in [0.15, 0.2) is 0 Å². The lowest BCUT2D eigenvalue weighted by atomic mass is 9.69. The Hall–Kier alpha value is -0.360. The zero-order chi connectivity index (χ0) is 14.2. The number of ether oxygens (including phenoxy) is 1. The molecular formula is C13H20F4O2. The summed E-state index contributed by atoms with van der Waals surface area (Å²) in [7, 11) is 1.32. The van der Waals surface area contributed by atoms with E-state index in [9.17, 15) is 22.7 Å². The number of aliphatic hydroxyl groups is 1. The number of halogens is 4. The molecule has 0 amide bonds. The molecule has 0 radical (unpaired) electrons. The third kappa shape index (κ3) is 2.75. The van der Waals surface area contributed by atoms with Crippen LogP contribution in [0.3, 0.4) is 0 Å². The van der Waals surface area contributed by atoms with Crippen molar-refractivity contribution < 1.29 is 27.4 Å². The Morgan fingerprint density at radius 2 is 1.32 bits per heavy atom. The highest BCUT2D eigenvalue weighted by Crippen LogP contribution is 2.43. The maximum atomic E-state index is 14.1. The van der Waals surface area contributed by atoms with Crippen LogP contribution in [0.2, 0.25) is 0 Å². The van der Waals surface area contributed by atoms with E-state index in [4.69, 9.17) is 4.74 Å². The van der Waals surface area contributed by atoms with Gasteiger partial charge in [0.05, 0.1) is 12.2 Å². The third-order valence-corrected chi connectivity index (χ3v) is 4.58. The van der Waals surface area contributed by atoms with Crippen molar-refractivity contribution in [1.29, 1.82) is 0 Å². The fourth-order valence-corrected chi connectivity index (χ4v) is 3.39. The van der Waals surface area contributed by atoms with Gasteiger partial charge in [0.25, 0.3) is 0 Å². The first-order valence-corrected chi connectivity index (χ1v) is 6.74. The van der Waals surface area contributed by atoms with Crippen molar-refractivity contribution in [3.05, 3.63) is 0 Å². The summed E-state index contributed by atoms with van der Waals surface area (Å²) < 4.78 is 60.1. The molecule has 0 aromatic carbocycles. The Bertz CT molecular complexity index is 304. The second-order valence-electron chi connectivity index (χ2n) is 5.60. The number of rotatable bonds is 2. The fraction of sp³-hybridized carbons (Fsp3) is 1.00. The molecule has 0 aromatic heterocycles. The summed E-state index contributed by atoms with van der Waals surface area (Å²) in [4.78, 5) is 0. The van der Waals surface area contributed by atoms with Crippen LogP contribution in [0.1, 0.15) is 25.7 Å². The quantitative estimate of drug-likeness (QED) is 0.790. The Kier molecular flexibility index (Phi) is 4.71. The number of aliphatic hydroxyl groups excluding tert-OH is 1. The van der Waals surface area contributed by atoms with E-state index < -0.39 is 48.7 Å². The van der Waals surface area contributed by atoms with Gasteiger partial charge < -0.3 is 9.84 Å². The maximum absolute atomic E-state index is 14.1. The molecular weight excluding hydrogens is 264 g/mol. The summed E-state index contributed by atoms with van der Waals surface area (Å²) in [6, 6.07) is 0. The summed E-state index contributed by atoms with van der Waals surface area (Å²) in [5, 5.41) is 9.26. The Balaban J connectivity index is 2.06. The van der Waals surface area contributed by atoms with Crippen molar-refractivity contribution in [2.24, 2.45) is 11.8 Å². The van der Waals surface area contributed by atoms with Gasteiger partial charge in [0.15, 0.2) is 12.3 Å². The molecule has 112 valence electrons. The average Bonchev–Trinajstić information content (AvgIpc) is 2.40. The number of hydrogen-bond donors (Lipinski definition) is 1. The van der Waals surface area contributed by atoms with Crippen molar-refractivity contribution in [2.45, 2.75) is 62.6 Å². The van der Waals surface area contributed by atoms with Gasteiger partial charge >= 0.3 is 0 Å². The van der Waals surface area contributed by atoms with Crippen molar-refractivity contribution in [3.63, 3.8) is 0 Å². The van der Waals surface area contributed by atoms with Crippen LogP contribution in [0.5, 0.6) is 0 Å². The first-order chi connectivity index (χ1) is 8.97. The van der Waals surface area contributed by atoms with E-state index in [1.54, 1.807) is 0 Å². The Labute approximate surface area is 110 Å². The lowest BCUT2D eigenvalue weighted by Crippen LogP contribution is -2.51. The predicted molar refractivity (Wildman–Crippen MR) is 61.8 cm³/mol. The van der Waals surface area contributed by atoms with E-state index in [1.807, 2.05) is 0 Å². The summed E-state index contributed by atoms with van der Waals surface area (Å²) >= 11 is 0.